The molecule has 16 heavy (non-hydrogen) atoms. The monoisotopic (exact) mass is 212 g/mol. The molecule has 1 heterocycles. The van der Waals surface area contributed by atoms with Crippen LogP contribution in [-0.4, -0.2) is 11.6 Å². The van der Waals surface area contributed by atoms with Gasteiger partial charge in [-0.15, -0.1) is 0 Å². The molecule has 1 aromatic carbocycles. The van der Waals surface area contributed by atoms with Gasteiger partial charge < -0.3 is 4.74 Å². The van der Waals surface area contributed by atoms with Gasteiger partial charge in [-0.1, -0.05) is 12.1 Å². The highest BCUT2D eigenvalue weighted by molar-refractivity contribution is 5.91. The summed E-state index contributed by atoms with van der Waals surface area (Å²) in [6, 6.07) is 9.74. The smallest absolute Gasteiger partial charge is 0.148 e. The van der Waals surface area contributed by atoms with Crippen LogP contribution in [0.3, 0.4) is 0 Å². The Bertz CT molecular complexity index is 570. The molecule has 80 valence electrons. The molecule has 0 saturated heterocycles. The molecule has 0 aliphatic rings. The third kappa shape index (κ3) is 1.70. The fraction of sp³-hybridized carbons (Fsp3) is 0.231. The fourth-order valence-electron chi connectivity index (χ4n) is 1.74. The van der Waals surface area contributed by atoms with Gasteiger partial charge in [0.1, 0.15) is 17.5 Å². The van der Waals surface area contributed by atoms with E-state index in [2.05, 4.69) is 11.1 Å². The number of ether oxygens (including phenoxy) is 1. The van der Waals surface area contributed by atoms with Crippen LogP contribution in [0.15, 0.2) is 24.3 Å². The van der Waals surface area contributed by atoms with Crippen LogP contribution in [0.2, 0.25) is 0 Å². The number of fused-ring (bicyclic) bond motifs is 1. The van der Waals surface area contributed by atoms with Crippen molar-refractivity contribution in [1.82, 2.24) is 4.98 Å². The Hall–Kier alpha value is -2.08. The zero-order chi connectivity index (χ0) is 11.5. The number of hydrogen-bond acceptors (Lipinski definition) is 3. The Morgan fingerprint density at radius 2 is 2.19 bits per heavy atom. The van der Waals surface area contributed by atoms with Crippen LogP contribution in [0.5, 0.6) is 5.75 Å². The van der Waals surface area contributed by atoms with Crippen LogP contribution in [0.1, 0.15) is 18.3 Å². The highest BCUT2D eigenvalue weighted by atomic mass is 16.5. The molecule has 0 amide bonds. The highest BCUT2D eigenvalue weighted by Crippen LogP contribution is 2.27. The number of hydrogen-bond donors (Lipinski definition) is 0. The van der Waals surface area contributed by atoms with Crippen molar-refractivity contribution >= 4 is 10.8 Å². The van der Waals surface area contributed by atoms with Crippen LogP contribution < -0.4 is 4.74 Å². The maximum atomic E-state index is 9.03. The van der Waals surface area contributed by atoms with Crippen molar-refractivity contribution in [3.63, 3.8) is 0 Å². The van der Waals surface area contributed by atoms with Crippen LogP contribution in [0, 0.1) is 18.3 Å². The molecule has 0 fully saturated rings. The van der Waals surface area contributed by atoms with E-state index in [1.165, 1.54) is 0 Å². The van der Waals surface area contributed by atoms with Crippen molar-refractivity contribution in [3.8, 4) is 11.8 Å². The van der Waals surface area contributed by atoms with Crippen LogP contribution in [0.25, 0.3) is 10.8 Å². The zero-order valence-electron chi connectivity index (χ0n) is 9.32. The van der Waals surface area contributed by atoms with Crippen molar-refractivity contribution in [2.24, 2.45) is 0 Å². The summed E-state index contributed by atoms with van der Waals surface area (Å²) < 4.78 is 5.54. The van der Waals surface area contributed by atoms with Gasteiger partial charge in [-0.05, 0) is 26.0 Å². The quantitative estimate of drug-likeness (QED) is 0.768. The molecule has 2 rings (SSSR count). The number of pyridine rings is 1. The Morgan fingerprint density at radius 3 is 2.88 bits per heavy atom. The van der Waals surface area contributed by atoms with Crippen LogP contribution >= 0.6 is 0 Å². The molecule has 0 N–H and O–H groups in total. The highest BCUT2D eigenvalue weighted by Gasteiger charge is 2.07. The van der Waals surface area contributed by atoms with Gasteiger partial charge in [-0.2, -0.15) is 5.26 Å². The molecule has 0 saturated carbocycles. The van der Waals surface area contributed by atoms with Gasteiger partial charge in [0.05, 0.1) is 6.61 Å². The normalized spacial score (nSPS) is 10.1. The van der Waals surface area contributed by atoms with Gasteiger partial charge in [0.2, 0.25) is 0 Å². The molecule has 3 nitrogen and oxygen atoms in total. The van der Waals surface area contributed by atoms with E-state index in [9.17, 15) is 0 Å². The number of aryl methyl sites for hydroxylation is 1. The Labute approximate surface area is 94.3 Å². The van der Waals surface area contributed by atoms with E-state index >= 15 is 0 Å². The molecule has 0 spiro atoms. The fourth-order valence-corrected chi connectivity index (χ4v) is 1.74. The van der Waals surface area contributed by atoms with Crippen molar-refractivity contribution in [1.29, 1.82) is 5.26 Å². The average Bonchev–Trinajstić information content (AvgIpc) is 2.29. The molecule has 2 aromatic rings. The second-order valence-electron chi connectivity index (χ2n) is 3.51. The Kier molecular flexibility index (Phi) is 2.74. The van der Waals surface area contributed by atoms with E-state index in [1.54, 1.807) is 0 Å². The third-order valence-corrected chi connectivity index (χ3v) is 2.37. The minimum atomic E-state index is 0.455. The predicted molar refractivity (Wildman–Crippen MR) is 62.4 cm³/mol. The molecule has 1 aromatic heterocycles. The van der Waals surface area contributed by atoms with Gasteiger partial charge in [-0.25, -0.2) is 4.98 Å². The first kappa shape index (κ1) is 10.4. The van der Waals surface area contributed by atoms with Gasteiger partial charge in [0.15, 0.2) is 0 Å². The van der Waals surface area contributed by atoms with E-state index in [-0.39, 0.29) is 0 Å². The Balaban J connectivity index is 2.78. The summed E-state index contributed by atoms with van der Waals surface area (Å²) >= 11 is 0. The van der Waals surface area contributed by atoms with Crippen molar-refractivity contribution in [2.45, 2.75) is 13.8 Å². The molecular weight excluding hydrogens is 200 g/mol. The molecule has 0 radical (unpaired) electrons. The maximum absolute atomic E-state index is 9.03. The summed E-state index contributed by atoms with van der Waals surface area (Å²) in [5, 5.41) is 10.8. The summed E-state index contributed by atoms with van der Waals surface area (Å²) in [6.07, 6.45) is 0. The van der Waals surface area contributed by atoms with Crippen LogP contribution in [0.4, 0.5) is 0 Å². The Morgan fingerprint density at radius 1 is 1.38 bits per heavy atom. The topological polar surface area (TPSA) is 45.9 Å². The zero-order valence-corrected chi connectivity index (χ0v) is 9.32. The summed E-state index contributed by atoms with van der Waals surface area (Å²) in [5.41, 5.74) is 1.28. The average molecular weight is 212 g/mol. The lowest BCUT2D eigenvalue weighted by Gasteiger charge is -2.08. The van der Waals surface area contributed by atoms with E-state index in [4.69, 9.17) is 10.00 Å². The third-order valence-electron chi connectivity index (χ3n) is 2.37. The van der Waals surface area contributed by atoms with Gasteiger partial charge >= 0.3 is 0 Å². The van der Waals surface area contributed by atoms with Gasteiger partial charge in [0, 0.05) is 16.5 Å². The first-order chi connectivity index (χ1) is 7.76. The minimum Gasteiger partial charge on any atom is -0.493 e. The van der Waals surface area contributed by atoms with E-state index in [0.717, 1.165) is 22.2 Å². The molecular formula is C13H12N2O. The first-order valence-electron chi connectivity index (χ1n) is 5.19. The van der Waals surface area contributed by atoms with Gasteiger partial charge in [-0.3, -0.25) is 0 Å². The lowest BCUT2D eigenvalue weighted by molar-refractivity contribution is 0.344. The summed E-state index contributed by atoms with van der Waals surface area (Å²) in [5.74, 6) is 0.807. The standard InChI is InChI=1S/C13H12N2O/c1-3-16-13-6-4-5-10-11(13)7-9(2)15-12(10)8-14/h4-7H,3H2,1-2H3. The first-order valence-corrected chi connectivity index (χ1v) is 5.19. The SMILES string of the molecule is CCOc1cccc2c(C#N)nc(C)cc12. The molecule has 0 aliphatic heterocycles. The molecule has 0 unspecified atom stereocenters. The molecule has 0 atom stereocenters. The molecule has 0 bridgehead atoms. The largest absolute Gasteiger partial charge is 0.493 e. The van der Waals surface area contributed by atoms with Crippen molar-refractivity contribution in [2.75, 3.05) is 6.61 Å². The number of nitrogens with zero attached hydrogens (tertiary/aromatic N) is 2. The van der Waals surface area contributed by atoms with E-state index < -0.39 is 0 Å². The maximum Gasteiger partial charge on any atom is 0.148 e. The number of benzene rings is 1. The minimum absolute atomic E-state index is 0.455. The molecule has 3 heteroatoms. The number of aromatic nitrogens is 1. The van der Waals surface area contributed by atoms with Crippen molar-refractivity contribution < 1.29 is 4.74 Å². The summed E-state index contributed by atoms with van der Waals surface area (Å²) in [7, 11) is 0. The second-order valence-corrected chi connectivity index (χ2v) is 3.51. The predicted octanol–water partition coefficient (Wildman–Crippen LogP) is 2.81. The van der Waals surface area contributed by atoms with Crippen LogP contribution in [-0.2, 0) is 0 Å². The molecule has 0 aliphatic carbocycles. The van der Waals surface area contributed by atoms with Gasteiger partial charge in [0.25, 0.3) is 0 Å². The number of rotatable bonds is 2. The lowest BCUT2D eigenvalue weighted by atomic mass is 10.1. The lowest BCUT2D eigenvalue weighted by Crippen LogP contribution is -1.95. The number of nitriles is 1. The second kappa shape index (κ2) is 4.19. The summed E-state index contributed by atoms with van der Waals surface area (Å²) in [4.78, 5) is 4.20. The van der Waals surface area contributed by atoms with Crippen molar-refractivity contribution in [3.05, 3.63) is 35.7 Å². The summed E-state index contributed by atoms with van der Waals surface area (Å²) in [6.45, 7) is 4.43. The van der Waals surface area contributed by atoms with E-state index in [1.807, 2.05) is 38.1 Å². The van der Waals surface area contributed by atoms with E-state index in [0.29, 0.717) is 12.3 Å².